The third-order valence-electron chi connectivity index (χ3n) is 4.48. The van der Waals surface area contributed by atoms with Gasteiger partial charge in [-0.15, -0.1) is 0 Å². The maximum absolute atomic E-state index is 11.1. The Morgan fingerprint density at radius 3 is 2.37 bits per heavy atom. The zero-order valence-corrected chi connectivity index (χ0v) is 16.6. The molecule has 1 aromatic heterocycles. The molecule has 2 aromatic rings. The van der Waals surface area contributed by atoms with Gasteiger partial charge >= 0.3 is 0 Å². The van der Waals surface area contributed by atoms with Gasteiger partial charge in [0.2, 0.25) is 0 Å². The maximum Gasteiger partial charge on any atom is 0.284 e. The molecule has 0 atom stereocenters. The van der Waals surface area contributed by atoms with E-state index in [1.54, 1.807) is 12.1 Å². The molecule has 146 valence electrons. The number of furan rings is 1. The molecule has 4 N–H and O–H groups in total. The minimum absolute atomic E-state index is 0.0493. The molecule has 6 nitrogen and oxygen atoms in total. The minimum atomic E-state index is -0.578. The van der Waals surface area contributed by atoms with Crippen LogP contribution in [-0.4, -0.2) is 25.0 Å². The van der Waals surface area contributed by atoms with Gasteiger partial charge in [-0.2, -0.15) is 0 Å². The number of amides is 1. The molecule has 0 saturated carbocycles. The lowest BCUT2D eigenvalue weighted by atomic mass is 9.84. The minimum Gasteiger partial charge on any atom is -0.454 e. The van der Waals surface area contributed by atoms with Crippen molar-refractivity contribution in [1.82, 2.24) is 10.6 Å². The van der Waals surface area contributed by atoms with Crippen LogP contribution in [0.4, 0.5) is 0 Å². The number of rotatable bonds is 8. The number of nitrogens with one attached hydrogen (secondary N) is 2. The zero-order valence-electron chi connectivity index (χ0n) is 16.6. The summed E-state index contributed by atoms with van der Waals surface area (Å²) >= 11 is 0. The first-order chi connectivity index (χ1) is 12.9. The summed E-state index contributed by atoms with van der Waals surface area (Å²) in [7, 11) is 0. The molecule has 0 fully saturated rings. The van der Waals surface area contributed by atoms with Crippen LogP contribution in [0.25, 0.3) is 0 Å². The standard InChI is InChI=1S/C21H30N4O2/c1-5-15-7-9-16(10-8-15)21(3,4)14-25-20(23-6-2)24-13-17-11-12-18(27-17)19(22)26/h7-12H,5-6,13-14H2,1-4H3,(H2,22,26)(H2,23,24,25). The lowest BCUT2D eigenvalue weighted by molar-refractivity contribution is 0.0972. The summed E-state index contributed by atoms with van der Waals surface area (Å²) in [5.41, 5.74) is 7.77. The molecule has 2 rings (SSSR count). The van der Waals surface area contributed by atoms with E-state index in [0.29, 0.717) is 18.3 Å². The van der Waals surface area contributed by atoms with Crippen molar-refractivity contribution in [2.75, 3.05) is 13.1 Å². The van der Waals surface area contributed by atoms with E-state index in [1.165, 1.54) is 11.1 Å². The van der Waals surface area contributed by atoms with Crippen LogP contribution >= 0.6 is 0 Å². The molecule has 0 bridgehead atoms. The number of hydrogen-bond donors (Lipinski definition) is 3. The smallest absolute Gasteiger partial charge is 0.284 e. The van der Waals surface area contributed by atoms with Crippen molar-refractivity contribution >= 4 is 11.9 Å². The molecule has 0 saturated heterocycles. The van der Waals surface area contributed by atoms with E-state index in [0.717, 1.165) is 19.5 Å². The average Bonchev–Trinajstić information content (AvgIpc) is 3.13. The average molecular weight is 370 g/mol. The van der Waals surface area contributed by atoms with Crippen molar-refractivity contribution < 1.29 is 9.21 Å². The number of hydrogen-bond acceptors (Lipinski definition) is 3. The predicted octanol–water partition coefficient (Wildman–Crippen LogP) is 2.97. The number of aryl methyl sites for hydroxylation is 1. The van der Waals surface area contributed by atoms with Gasteiger partial charge in [0.25, 0.3) is 5.91 Å². The van der Waals surface area contributed by atoms with Crippen LogP contribution < -0.4 is 16.4 Å². The fraction of sp³-hybridized carbons (Fsp3) is 0.429. The summed E-state index contributed by atoms with van der Waals surface area (Å²) in [6, 6.07) is 12.0. The van der Waals surface area contributed by atoms with Gasteiger partial charge in [0, 0.05) is 18.5 Å². The van der Waals surface area contributed by atoms with Crippen molar-refractivity contribution in [3.8, 4) is 0 Å². The van der Waals surface area contributed by atoms with Crippen LogP contribution in [-0.2, 0) is 18.4 Å². The molecule has 0 spiro atoms. The molecular weight excluding hydrogens is 340 g/mol. The molecular formula is C21H30N4O2. The normalized spacial score (nSPS) is 12.1. The van der Waals surface area contributed by atoms with Crippen LogP contribution in [0, 0.1) is 0 Å². The number of guanidine groups is 1. The highest BCUT2D eigenvalue weighted by Crippen LogP contribution is 2.22. The first-order valence-corrected chi connectivity index (χ1v) is 9.35. The van der Waals surface area contributed by atoms with E-state index in [9.17, 15) is 4.79 Å². The van der Waals surface area contributed by atoms with Crippen LogP contribution in [0.5, 0.6) is 0 Å². The third kappa shape index (κ3) is 5.88. The van der Waals surface area contributed by atoms with Gasteiger partial charge in [-0.1, -0.05) is 45.0 Å². The van der Waals surface area contributed by atoms with E-state index < -0.39 is 5.91 Å². The summed E-state index contributed by atoms with van der Waals surface area (Å²) in [6.45, 7) is 10.4. The van der Waals surface area contributed by atoms with E-state index >= 15 is 0 Å². The molecule has 0 unspecified atom stereocenters. The molecule has 1 heterocycles. The zero-order chi connectivity index (χ0) is 19.9. The maximum atomic E-state index is 11.1. The van der Waals surface area contributed by atoms with E-state index in [-0.39, 0.29) is 11.2 Å². The largest absolute Gasteiger partial charge is 0.454 e. The molecule has 6 heteroatoms. The molecule has 1 amide bonds. The second kappa shape index (κ2) is 9.26. The fourth-order valence-corrected chi connectivity index (χ4v) is 2.69. The summed E-state index contributed by atoms with van der Waals surface area (Å²) in [5, 5.41) is 6.62. The van der Waals surface area contributed by atoms with E-state index in [1.807, 2.05) is 6.92 Å². The Labute approximate surface area is 161 Å². The van der Waals surface area contributed by atoms with Crippen molar-refractivity contribution in [2.45, 2.75) is 46.1 Å². The highest BCUT2D eigenvalue weighted by atomic mass is 16.3. The molecule has 0 aliphatic carbocycles. The van der Waals surface area contributed by atoms with Crippen LogP contribution in [0.1, 0.15) is 55.1 Å². The number of carbonyl (C=O) groups excluding carboxylic acids is 1. The second-order valence-electron chi connectivity index (χ2n) is 7.11. The van der Waals surface area contributed by atoms with Crippen molar-refractivity contribution in [3.63, 3.8) is 0 Å². The Hall–Kier alpha value is -2.76. The Kier molecular flexibility index (Phi) is 7.05. The number of aliphatic imine (C=N–C) groups is 1. The van der Waals surface area contributed by atoms with Gasteiger partial charge in [-0.3, -0.25) is 4.79 Å². The second-order valence-corrected chi connectivity index (χ2v) is 7.11. The first-order valence-electron chi connectivity index (χ1n) is 9.35. The van der Waals surface area contributed by atoms with Crippen molar-refractivity contribution in [1.29, 1.82) is 0 Å². The van der Waals surface area contributed by atoms with Crippen molar-refractivity contribution in [2.24, 2.45) is 10.7 Å². The first kappa shape index (κ1) is 20.6. The van der Waals surface area contributed by atoms with E-state index in [4.69, 9.17) is 10.2 Å². The third-order valence-corrected chi connectivity index (χ3v) is 4.48. The molecule has 1 aromatic carbocycles. The summed E-state index contributed by atoms with van der Waals surface area (Å²) in [6.07, 6.45) is 1.04. The fourth-order valence-electron chi connectivity index (χ4n) is 2.69. The number of carbonyl (C=O) groups is 1. The van der Waals surface area contributed by atoms with Gasteiger partial charge in [0.15, 0.2) is 11.7 Å². The van der Waals surface area contributed by atoms with E-state index in [2.05, 4.69) is 60.7 Å². The Morgan fingerprint density at radius 2 is 1.81 bits per heavy atom. The van der Waals surface area contributed by atoms with Gasteiger partial charge < -0.3 is 20.8 Å². The topological polar surface area (TPSA) is 92.6 Å². The Balaban J connectivity index is 2.01. The van der Waals surface area contributed by atoms with Crippen LogP contribution in [0.15, 0.2) is 45.8 Å². The summed E-state index contributed by atoms with van der Waals surface area (Å²) in [5.74, 6) is 0.865. The highest BCUT2D eigenvalue weighted by molar-refractivity contribution is 5.89. The lowest BCUT2D eigenvalue weighted by Crippen LogP contribution is -2.43. The summed E-state index contributed by atoms with van der Waals surface area (Å²) in [4.78, 5) is 15.6. The van der Waals surface area contributed by atoms with Gasteiger partial charge in [0.05, 0.1) is 0 Å². The number of primary amides is 1. The lowest BCUT2D eigenvalue weighted by Gasteiger charge is -2.27. The Bertz CT molecular complexity index is 776. The monoisotopic (exact) mass is 370 g/mol. The molecule has 27 heavy (non-hydrogen) atoms. The highest BCUT2D eigenvalue weighted by Gasteiger charge is 2.21. The summed E-state index contributed by atoms with van der Waals surface area (Å²) < 4.78 is 5.37. The van der Waals surface area contributed by atoms with Gasteiger partial charge in [-0.25, -0.2) is 4.99 Å². The molecule has 0 aliphatic heterocycles. The molecule has 0 radical (unpaired) electrons. The number of benzene rings is 1. The number of nitrogens with two attached hydrogens (primary N) is 1. The van der Waals surface area contributed by atoms with Gasteiger partial charge in [-0.05, 0) is 36.6 Å². The van der Waals surface area contributed by atoms with Crippen molar-refractivity contribution in [3.05, 3.63) is 59.0 Å². The SMILES string of the molecule is CCNC(=NCc1ccc(C(N)=O)o1)NCC(C)(C)c1ccc(CC)cc1. The number of nitrogens with zero attached hydrogens (tertiary/aromatic N) is 1. The molecule has 0 aliphatic rings. The predicted molar refractivity (Wildman–Crippen MR) is 109 cm³/mol. The Morgan fingerprint density at radius 1 is 1.11 bits per heavy atom. The van der Waals surface area contributed by atoms with Gasteiger partial charge in [0.1, 0.15) is 12.3 Å². The van der Waals surface area contributed by atoms with Crippen LogP contribution in [0.3, 0.4) is 0 Å². The van der Waals surface area contributed by atoms with Crippen LogP contribution in [0.2, 0.25) is 0 Å². The quantitative estimate of drug-likeness (QED) is 0.492.